The summed E-state index contributed by atoms with van der Waals surface area (Å²) in [6.45, 7) is 11.4. The molecular formula is C57H110O6. The molecule has 6 nitrogen and oxygen atoms in total. The molecule has 0 radical (unpaired) electrons. The average molecular weight is 892 g/mol. The number of unbranched alkanes of at least 4 members (excludes halogenated alkanes) is 36. The van der Waals surface area contributed by atoms with Crippen LogP contribution in [0.4, 0.5) is 0 Å². The lowest BCUT2D eigenvalue weighted by Gasteiger charge is -2.18. The summed E-state index contributed by atoms with van der Waals surface area (Å²) < 4.78 is 16.9. The molecule has 0 aromatic rings. The summed E-state index contributed by atoms with van der Waals surface area (Å²) in [5, 5.41) is 0. The fourth-order valence-electron chi connectivity index (χ4n) is 8.70. The molecule has 0 aromatic heterocycles. The fourth-order valence-corrected chi connectivity index (χ4v) is 8.70. The number of hydrogen-bond acceptors (Lipinski definition) is 6. The van der Waals surface area contributed by atoms with Crippen molar-refractivity contribution >= 4 is 17.9 Å². The van der Waals surface area contributed by atoms with Crippen LogP contribution in [0.5, 0.6) is 0 Å². The smallest absolute Gasteiger partial charge is 0.306 e. The Morgan fingerprint density at radius 1 is 0.302 bits per heavy atom. The summed E-state index contributed by atoms with van der Waals surface area (Å²) in [5.74, 6) is 0.841. The van der Waals surface area contributed by atoms with Crippen molar-refractivity contribution in [2.45, 2.75) is 323 Å². The predicted molar refractivity (Wildman–Crippen MR) is 270 cm³/mol. The van der Waals surface area contributed by atoms with Gasteiger partial charge < -0.3 is 14.2 Å². The first-order valence-corrected chi connectivity index (χ1v) is 28.2. The van der Waals surface area contributed by atoms with Gasteiger partial charge in [-0.15, -0.1) is 0 Å². The van der Waals surface area contributed by atoms with Gasteiger partial charge in [-0.1, -0.05) is 279 Å². The maximum atomic E-state index is 12.8. The van der Waals surface area contributed by atoms with Crippen LogP contribution in [0.25, 0.3) is 0 Å². The maximum Gasteiger partial charge on any atom is 0.306 e. The highest BCUT2D eigenvalue weighted by atomic mass is 16.6. The van der Waals surface area contributed by atoms with Crippen molar-refractivity contribution in [3.63, 3.8) is 0 Å². The van der Waals surface area contributed by atoms with Crippen molar-refractivity contribution in [1.29, 1.82) is 0 Å². The van der Waals surface area contributed by atoms with Crippen molar-refractivity contribution in [3.8, 4) is 0 Å². The lowest BCUT2D eigenvalue weighted by atomic mass is 10.0. The molecule has 374 valence electrons. The highest BCUT2D eigenvalue weighted by Gasteiger charge is 2.19. The minimum absolute atomic E-state index is 0.0628. The third-order valence-corrected chi connectivity index (χ3v) is 13.0. The van der Waals surface area contributed by atoms with Crippen LogP contribution in [-0.2, 0) is 28.6 Å². The largest absolute Gasteiger partial charge is 0.462 e. The monoisotopic (exact) mass is 891 g/mol. The Morgan fingerprint density at radius 3 is 0.778 bits per heavy atom. The van der Waals surface area contributed by atoms with E-state index in [1.54, 1.807) is 0 Å². The molecule has 0 aromatic carbocycles. The molecule has 63 heavy (non-hydrogen) atoms. The molecule has 0 N–H and O–H groups in total. The third-order valence-electron chi connectivity index (χ3n) is 13.0. The van der Waals surface area contributed by atoms with E-state index in [-0.39, 0.29) is 31.1 Å². The molecular weight excluding hydrogens is 781 g/mol. The maximum absolute atomic E-state index is 12.8. The first-order valence-electron chi connectivity index (χ1n) is 28.2. The van der Waals surface area contributed by atoms with E-state index < -0.39 is 6.10 Å². The van der Waals surface area contributed by atoms with E-state index in [1.807, 2.05) is 0 Å². The average Bonchev–Trinajstić information content (AvgIpc) is 3.25. The fraction of sp³-hybridized carbons (Fsp3) is 0.947. The second kappa shape index (κ2) is 49.8. The highest BCUT2D eigenvalue weighted by molar-refractivity contribution is 5.71. The van der Waals surface area contributed by atoms with Crippen molar-refractivity contribution in [1.82, 2.24) is 0 Å². The van der Waals surface area contributed by atoms with Crippen LogP contribution in [0.3, 0.4) is 0 Å². The minimum Gasteiger partial charge on any atom is -0.462 e. The van der Waals surface area contributed by atoms with E-state index in [4.69, 9.17) is 14.2 Å². The zero-order valence-corrected chi connectivity index (χ0v) is 43.2. The van der Waals surface area contributed by atoms with Gasteiger partial charge in [-0.25, -0.2) is 0 Å². The summed E-state index contributed by atoms with van der Waals surface area (Å²) >= 11 is 0. The summed E-state index contributed by atoms with van der Waals surface area (Å²) in [6, 6.07) is 0. The van der Waals surface area contributed by atoms with Gasteiger partial charge in [-0.2, -0.15) is 0 Å². The highest BCUT2D eigenvalue weighted by Crippen LogP contribution is 2.18. The van der Waals surface area contributed by atoms with Gasteiger partial charge in [0.2, 0.25) is 0 Å². The van der Waals surface area contributed by atoms with Crippen LogP contribution < -0.4 is 0 Å². The van der Waals surface area contributed by atoms with Crippen LogP contribution >= 0.6 is 0 Å². The molecule has 0 aliphatic heterocycles. The number of hydrogen-bond donors (Lipinski definition) is 0. The topological polar surface area (TPSA) is 78.9 Å². The number of esters is 3. The van der Waals surface area contributed by atoms with Gasteiger partial charge in [-0.3, -0.25) is 14.4 Å². The van der Waals surface area contributed by atoms with Crippen LogP contribution in [0.2, 0.25) is 0 Å². The number of rotatable bonds is 51. The zero-order chi connectivity index (χ0) is 46.1. The van der Waals surface area contributed by atoms with Gasteiger partial charge >= 0.3 is 17.9 Å². The number of carbonyl (C=O) groups is 3. The molecule has 6 heteroatoms. The molecule has 0 saturated heterocycles. The van der Waals surface area contributed by atoms with Gasteiger partial charge in [0.1, 0.15) is 13.2 Å². The molecule has 1 atom stereocenters. The van der Waals surface area contributed by atoms with Gasteiger partial charge in [0.05, 0.1) is 0 Å². The Morgan fingerprint density at radius 2 is 0.524 bits per heavy atom. The Balaban J connectivity index is 4.29. The van der Waals surface area contributed by atoms with E-state index in [1.165, 1.54) is 205 Å². The molecule has 0 fully saturated rings. The van der Waals surface area contributed by atoms with Gasteiger partial charge in [-0.05, 0) is 31.1 Å². The van der Waals surface area contributed by atoms with Crippen LogP contribution in [0, 0.1) is 11.8 Å². The predicted octanol–water partition coefficient (Wildman–Crippen LogP) is 18.5. The normalized spacial score (nSPS) is 12.0. The molecule has 0 heterocycles. The Hall–Kier alpha value is -1.59. The van der Waals surface area contributed by atoms with Crippen molar-refractivity contribution in [2.75, 3.05) is 13.2 Å². The van der Waals surface area contributed by atoms with Crippen molar-refractivity contribution < 1.29 is 28.6 Å². The third kappa shape index (κ3) is 51.3. The van der Waals surface area contributed by atoms with E-state index in [0.717, 1.165) is 69.6 Å². The Kier molecular flexibility index (Phi) is 48.6. The Bertz CT molecular complexity index is 962. The van der Waals surface area contributed by atoms with Gasteiger partial charge in [0.25, 0.3) is 0 Å². The van der Waals surface area contributed by atoms with Gasteiger partial charge in [0.15, 0.2) is 6.10 Å². The summed E-state index contributed by atoms with van der Waals surface area (Å²) in [4.78, 5) is 38.1. The molecule has 0 unspecified atom stereocenters. The molecule has 0 bridgehead atoms. The second-order valence-corrected chi connectivity index (χ2v) is 20.5. The number of ether oxygens (including phenoxy) is 3. The van der Waals surface area contributed by atoms with Gasteiger partial charge in [0, 0.05) is 19.3 Å². The molecule has 0 spiro atoms. The first kappa shape index (κ1) is 61.4. The quantitative estimate of drug-likeness (QED) is 0.0344. The summed E-state index contributed by atoms with van der Waals surface area (Å²) in [5.41, 5.74) is 0. The van der Waals surface area contributed by atoms with Crippen LogP contribution in [0.1, 0.15) is 317 Å². The van der Waals surface area contributed by atoms with Crippen molar-refractivity contribution in [2.24, 2.45) is 11.8 Å². The summed E-state index contributed by atoms with van der Waals surface area (Å²) in [6.07, 6.45) is 52.3. The minimum atomic E-state index is -0.762. The molecule has 0 saturated carbocycles. The van der Waals surface area contributed by atoms with E-state index in [9.17, 15) is 14.4 Å². The lowest BCUT2D eigenvalue weighted by Crippen LogP contribution is -2.30. The van der Waals surface area contributed by atoms with Crippen molar-refractivity contribution in [3.05, 3.63) is 0 Å². The first-order chi connectivity index (χ1) is 30.7. The Labute approximate surface area is 393 Å². The molecule has 0 aliphatic carbocycles. The lowest BCUT2D eigenvalue weighted by molar-refractivity contribution is -0.167. The van der Waals surface area contributed by atoms with E-state index in [2.05, 4.69) is 34.6 Å². The molecule has 0 amide bonds. The zero-order valence-electron chi connectivity index (χ0n) is 43.2. The van der Waals surface area contributed by atoms with Crippen LogP contribution in [0.15, 0.2) is 0 Å². The molecule has 0 rings (SSSR count). The van der Waals surface area contributed by atoms with Crippen LogP contribution in [-0.4, -0.2) is 37.2 Å². The number of carbonyl (C=O) groups excluding carboxylic acids is 3. The van der Waals surface area contributed by atoms with E-state index in [0.29, 0.717) is 19.3 Å². The second-order valence-electron chi connectivity index (χ2n) is 20.5. The SMILES string of the molecule is CCCCCCCCCCCCCCC(=O)OC[C@H](COC(=O)CCCCCCCCCCCCCCC(C)C)OC(=O)CCCCCCCCCCCCCCCCCC(C)C. The molecule has 0 aliphatic rings. The summed E-state index contributed by atoms with van der Waals surface area (Å²) in [7, 11) is 0. The van der Waals surface area contributed by atoms with E-state index >= 15 is 0 Å². The standard InChI is InChI=1S/C57H110O6/c1-6-7-8-9-10-11-12-22-27-32-37-42-47-55(58)61-50-54(51-62-56(59)48-43-38-33-28-23-19-18-21-26-31-36-41-46-53(4)5)63-57(60)49-44-39-34-29-24-17-15-13-14-16-20-25-30-35-40-45-52(2)3/h52-54H,6-51H2,1-5H3/t54-/m1/s1.